The van der Waals surface area contributed by atoms with E-state index in [4.69, 9.17) is 14.6 Å². The molecule has 0 saturated heterocycles. The highest BCUT2D eigenvalue weighted by molar-refractivity contribution is 7.81. The summed E-state index contributed by atoms with van der Waals surface area (Å²) in [4.78, 5) is 27.4. The summed E-state index contributed by atoms with van der Waals surface area (Å²) in [5.41, 5.74) is 1.05. The molecule has 0 aliphatic carbocycles. The summed E-state index contributed by atoms with van der Waals surface area (Å²) < 4.78 is 40.0. The average Bonchev–Trinajstić information content (AvgIpc) is 3.34. The number of aromatic nitrogens is 4. The van der Waals surface area contributed by atoms with Gasteiger partial charge in [-0.3, -0.25) is 18.5 Å². The van der Waals surface area contributed by atoms with Crippen molar-refractivity contribution in [1.29, 1.82) is 0 Å². The third-order valence-corrected chi connectivity index (χ3v) is 6.16. The fourth-order valence-electron chi connectivity index (χ4n) is 3.71. The van der Waals surface area contributed by atoms with Crippen molar-refractivity contribution >= 4 is 39.8 Å². The normalized spacial score (nSPS) is 12.0. The first-order valence-corrected chi connectivity index (χ1v) is 11.9. The Hall–Kier alpha value is -4.10. The van der Waals surface area contributed by atoms with Gasteiger partial charge in [0.1, 0.15) is 17.2 Å². The topological polar surface area (TPSA) is 141 Å². The Morgan fingerprint density at radius 2 is 1.81 bits per heavy atom. The van der Waals surface area contributed by atoms with Gasteiger partial charge in [0.25, 0.3) is 11.3 Å². The number of aryl methyl sites for hydroxylation is 3. The summed E-state index contributed by atoms with van der Waals surface area (Å²) in [6, 6.07) is 9.94. The molecule has 12 nitrogen and oxygen atoms in total. The van der Waals surface area contributed by atoms with E-state index in [2.05, 4.69) is 4.98 Å². The van der Waals surface area contributed by atoms with E-state index < -0.39 is 17.2 Å². The van der Waals surface area contributed by atoms with Gasteiger partial charge in [-0.1, -0.05) is 6.07 Å². The van der Waals surface area contributed by atoms with Crippen molar-refractivity contribution in [3.8, 4) is 17.2 Å². The van der Waals surface area contributed by atoms with Gasteiger partial charge >= 0.3 is 11.7 Å². The third kappa shape index (κ3) is 5.11. The van der Waals surface area contributed by atoms with Gasteiger partial charge in [-0.15, -0.1) is 0 Å². The quantitative estimate of drug-likeness (QED) is 0.243. The Balaban J connectivity index is 1.77. The zero-order chi connectivity index (χ0) is 26.0. The van der Waals surface area contributed by atoms with Crippen LogP contribution in [0.5, 0.6) is 17.2 Å². The molecular weight excluding hydrogens is 490 g/mol. The van der Waals surface area contributed by atoms with Crippen LogP contribution in [0.2, 0.25) is 0 Å². The first-order valence-electron chi connectivity index (χ1n) is 10.9. The molecule has 4 rings (SSSR count). The number of carboxylic acid groups (broad SMARTS) is 1. The van der Waals surface area contributed by atoms with Crippen molar-refractivity contribution in [3.05, 3.63) is 59.4 Å². The largest absolute Gasteiger partial charge is 0.493 e. The second-order valence-corrected chi connectivity index (χ2v) is 8.88. The van der Waals surface area contributed by atoms with E-state index in [1.54, 1.807) is 68.3 Å². The summed E-state index contributed by atoms with van der Waals surface area (Å²) >= 11 is -2.51. The number of ether oxygens (including phenoxy) is 2. The molecular formula is C23H25N5O7S. The number of fused-ring (bicyclic) bond motifs is 1. The summed E-state index contributed by atoms with van der Waals surface area (Å²) in [6.45, 7) is 0.218. The first kappa shape index (κ1) is 25.0. The van der Waals surface area contributed by atoms with Crippen LogP contribution in [0.3, 0.4) is 0 Å². The molecule has 2 N–H and O–H groups in total. The highest BCUT2D eigenvalue weighted by Gasteiger charge is 2.25. The Morgan fingerprint density at radius 3 is 2.44 bits per heavy atom. The molecule has 0 amide bonds. The maximum absolute atomic E-state index is 12.6. The lowest BCUT2D eigenvalue weighted by Crippen LogP contribution is -2.20. The van der Waals surface area contributed by atoms with Gasteiger partial charge in [-0.05, 0) is 24.6 Å². The summed E-state index contributed by atoms with van der Waals surface area (Å²) in [5.74, 6) is 0.364. The molecule has 1 unspecified atom stereocenters. The van der Waals surface area contributed by atoms with Crippen molar-refractivity contribution in [3.63, 3.8) is 0 Å². The molecule has 36 heavy (non-hydrogen) atoms. The van der Waals surface area contributed by atoms with Gasteiger partial charge in [0, 0.05) is 45.9 Å². The van der Waals surface area contributed by atoms with Gasteiger partial charge in [-0.2, -0.15) is 0 Å². The Labute approximate surface area is 208 Å². The Morgan fingerprint density at radius 1 is 1.11 bits per heavy atom. The van der Waals surface area contributed by atoms with Crippen LogP contribution in [-0.4, -0.2) is 45.1 Å². The molecule has 0 bridgehead atoms. The number of hydrogen-bond acceptors (Lipinski definition) is 6. The van der Waals surface area contributed by atoms with Gasteiger partial charge in [-0.25, -0.2) is 18.3 Å². The minimum Gasteiger partial charge on any atom is -0.493 e. The highest BCUT2D eigenvalue weighted by Crippen LogP contribution is 2.40. The summed E-state index contributed by atoms with van der Waals surface area (Å²) in [6.07, 6.45) is 3.43. The second-order valence-electron chi connectivity index (χ2n) is 8.05. The van der Waals surface area contributed by atoms with Crippen molar-refractivity contribution in [2.24, 2.45) is 21.1 Å². The number of hydrogen-bond donors (Lipinski definition) is 2. The molecule has 0 aliphatic rings. The lowest BCUT2D eigenvalue weighted by molar-refractivity contribution is -0.137. The standard InChI is InChI=1S/C23H25N5O7S/c1-25-13-21(24-14-25)28(36(32)33)19-11-17-18(27(3)23(31)26(17)2)12-20(19)35-16-7-4-6-15(10-16)34-9-5-8-22(29)30/h4,6-7,10-14H,5,8-9H2,1-3H3,(H,29,30)(H,32,33). The average molecular weight is 516 g/mol. The number of aliphatic carboxylic acids is 1. The van der Waals surface area contributed by atoms with E-state index in [0.717, 1.165) is 4.31 Å². The van der Waals surface area contributed by atoms with Gasteiger partial charge in [0.15, 0.2) is 11.6 Å². The fourth-order valence-corrected chi connectivity index (χ4v) is 4.28. The molecule has 1 atom stereocenters. The van der Waals surface area contributed by atoms with Crippen LogP contribution in [0, 0.1) is 0 Å². The molecule has 4 aromatic rings. The molecule has 2 heterocycles. The smallest absolute Gasteiger partial charge is 0.328 e. The van der Waals surface area contributed by atoms with Crippen LogP contribution < -0.4 is 19.5 Å². The zero-order valence-electron chi connectivity index (χ0n) is 19.8. The van der Waals surface area contributed by atoms with Gasteiger partial charge in [0.05, 0.1) is 24.0 Å². The number of carboxylic acids is 1. The number of benzene rings is 2. The molecule has 0 saturated carbocycles. The first-order chi connectivity index (χ1) is 17.2. The zero-order valence-corrected chi connectivity index (χ0v) is 20.6. The highest BCUT2D eigenvalue weighted by atomic mass is 32.2. The van der Waals surface area contributed by atoms with E-state index in [1.807, 2.05) is 0 Å². The van der Waals surface area contributed by atoms with Crippen LogP contribution in [0.25, 0.3) is 11.0 Å². The molecule has 0 radical (unpaired) electrons. The van der Waals surface area contributed by atoms with E-state index in [9.17, 15) is 18.4 Å². The molecule has 0 fully saturated rings. The van der Waals surface area contributed by atoms with Crippen LogP contribution in [0.15, 0.2) is 53.7 Å². The van der Waals surface area contributed by atoms with E-state index in [1.165, 1.54) is 15.5 Å². The predicted molar refractivity (Wildman–Crippen MR) is 133 cm³/mol. The maximum Gasteiger partial charge on any atom is 0.328 e. The van der Waals surface area contributed by atoms with E-state index in [-0.39, 0.29) is 36.0 Å². The van der Waals surface area contributed by atoms with Crippen LogP contribution in [-0.2, 0) is 37.2 Å². The maximum atomic E-state index is 12.6. The number of carbonyl (C=O) groups is 1. The lowest BCUT2D eigenvalue weighted by atomic mass is 10.2. The minimum atomic E-state index is -2.51. The number of nitrogens with zero attached hydrogens (tertiary/aromatic N) is 5. The minimum absolute atomic E-state index is 0.00296. The number of rotatable bonds is 10. The number of imidazole rings is 2. The van der Waals surface area contributed by atoms with Crippen LogP contribution >= 0.6 is 0 Å². The van der Waals surface area contributed by atoms with Crippen molar-refractivity contribution in [2.45, 2.75) is 12.8 Å². The number of anilines is 2. The SMILES string of the molecule is Cn1cnc(N(c2cc3c(cc2Oc2cccc(OCCCC(=O)O)c2)n(C)c(=O)n3C)S(=O)O)c1. The fraction of sp³-hybridized carbons (Fsp3) is 0.261. The lowest BCUT2D eigenvalue weighted by Gasteiger charge is -2.21. The summed E-state index contributed by atoms with van der Waals surface area (Å²) in [5, 5.41) is 8.78. The van der Waals surface area contributed by atoms with E-state index >= 15 is 0 Å². The molecule has 2 aromatic heterocycles. The Bertz CT molecular complexity index is 1510. The molecule has 0 spiro atoms. The third-order valence-electron chi connectivity index (χ3n) is 5.46. The van der Waals surface area contributed by atoms with Gasteiger partial charge < -0.3 is 19.1 Å². The van der Waals surface area contributed by atoms with E-state index in [0.29, 0.717) is 29.0 Å². The van der Waals surface area contributed by atoms with Crippen LogP contribution in [0.4, 0.5) is 11.5 Å². The van der Waals surface area contributed by atoms with Crippen molar-refractivity contribution in [1.82, 2.24) is 18.7 Å². The van der Waals surface area contributed by atoms with Gasteiger partial charge in [0.2, 0.25) is 0 Å². The van der Waals surface area contributed by atoms with Crippen molar-refractivity contribution in [2.75, 3.05) is 10.9 Å². The Kier molecular flexibility index (Phi) is 7.12. The predicted octanol–water partition coefficient (Wildman–Crippen LogP) is 2.92. The monoisotopic (exact) mass is 515 g/mol. The summed E-state index contributed by atoms with van der Waals surface area (Å²) in [7, 11) is 4.97. The second kappa shape index (κ2) is 10.3. The van der Waals surface area contributed by atoms with Crippen LogP contribution in [0.1, 0.15) is 12.8 Å². The molecule has 190 valence electrons. The molecule has 0 aliphatic heterocycles. The van der Waals surface area contributed by atoms with Crippen molar-refractivity contribution < 1.29 is 28.1 Å². The molecule has 2 aromatic carbocycles. The molecule has 13 heteroatoms.